The second kappa shape index (κ2) is 6.88. The van der Waals surface area contributed by atoms with E-state index in [4.69, 9.17) is 0 Å². The van der Waals surface area contributed by atoms with Crippen molar-refractivity contribution >= 4 is 22.8 Å². The SMILES string of the molecule is COC(=O)N1CCC(NC(=O)c2ccc3ccc(O)cc3c2O)CC1. The molecule has 1 heterocycles. The van der Waals surface area contributed by atoms with Gasteiger partial charge in [-0.15, -0.1) is 0 Å². The van der Waals surface area contributed by atoms with Crippen molar-refractivity contribution in [3.05, 3.63) is 35.9 Å². The minimum absolute atomic E-state index is 0.0236. The van der Waals surface area contributed by atoms with Gasteiger partial charge in [0.15, 0.2) is 0 Å². The molecule has 25 heavy (non-hydrogen) atoms. The monoisotopic (exact) mass is 344 g/mol. The van der Waals surface area contributed by atoms with Gasteiger partial charge in [-0.1, -0.05) is 12.1 Å². The van der Waals surface area contributed by atoms with E-state index in [2.05, 4.69) is 10.1 Å². The number of amides is 2. The zero-order valence-corrected chi connectivity index (χ0v) is 13.9. The van der Waals surface area contributed by atoms with Gasteiger partial charge < -0.3 is 25.2 Å². The van der Waals surface area contributed by atoms with E-state index in [1.807, 2.05) is 0 Å². The van der Waals surface area contributed by atoms with E-state index in [0.29, 0.717) is 31.3 Å². The number of benzene rings is 2. The average molecular weight is 344 g/mol. The second-order valence-electron chi connectivity index (χ2n) is 6.07. The number of hydrogen-bond donors (Lipinski definition) is 3. The summed E-state index contributed by atoms with van der Waals surface area (Å²) < 4.78 is 4.69. The van der Waals surface area contributed by atoms with Gasteiger partial charge in [0, 0.05) is 24.5 Å². The number of rotatable bonds is 2. The number of aromatic hydroxyl groups is 2. The Morgan fingerprint density at radius 2 is 1.84 bits per heavy atom. The molecule has 132 valence electrons. The zero-order chi connectivity index (χ0) is 18.0. The van der Waals surface area contributed by atoms with E-state index in [9.17, 15) is 19.8 Å². The summed E-state index contributed by atoms with van der Waals surface area (Å²) in [5.74, 6) is -0.507. The van der Waals surface area contributed by atoms with E-state index >= 15 is 0 Å². The summed E-state index contributed by atoms with van der Waals surface area (Å²) in [6.07, 6.45) is 0.878. The number of phenols is 2. The van der Waals surface area contributed by atoms with Crippen LogP contribution in [0.3, 0.4) is 0 Å². The molecule has 1 aliphatic rings. The first-order valence-corrected chi connectivity index (χ1v) is 8.08. The normalized spacial score (nSPS) is 15.2. The van der Waals surface area contributed by atoms with Crippen molar-refractivity contribution in [3.8, 4) is 11.5 Å². The molecule has 2 aromatic rings. The number of nitrogens with one attached hydrogen (secondary N) is 1. The molecule has 7 heteroatoms. The van der Waals surface area contributed by atoms with Crippen molar-refractivity contribution in [2.45, 2.75) is 18.9 Å². The molecule has 0 unspecified atom stereocenters. The third kappa shape index (κ3) is 3.45. The number of ether oxygens (including phenoxy) is 1. The summed E-state index contributed by atoms with van der Waals surface area (Å²) in [6.45, 7) is 1.02. The molecule has 2 amide bonds. The molecule has 0 aliphatic carbocycles. The average Bonchev–Trinajstić information content (AvgIpc) is 2.62. The van der Waals surface area contributed by atoms with Gasteiger partial charge >= 0.3 is 6.09 Å². The second-order valence-corrected chi connectivity index (χ2v) is 6.07. The van der Waals surface area contributed by atoms with Crippen LogP contribution in [0.15, 0.2) is 30.3 Å². The van der Waals surface area contributed by atoms with Crippen LogP contribution in [0.25, 0.3) is 10.8 Å². The molecule has 0 aromatic heterocycles. The molecule has 2 aromatic carbocycles. The molecular formula is C18H20N2O5. The molecule has 0 bridgehead atoms. The van der Waals surface area contributed by atoms with Crippen molar-refractivity contribution < 1.29 is 24.5 Å². The Hall–Kier alpha value is -2.96. The van der Waals surface area contributed by atoms with Crippen LogP contribution in [-0.4, -0.2) is 53.4 Å². The smallest absolute Gasteiger partial charge is 0.409 e. The summed E-state index contributed by atoms with van der Waals surface area (Å²) in [6, 6.07) is 7.84. The molecule has 1 aliphatic heterocycles. The summed E-state index contributed by atoms with van der Waals surface area (Å²) >= 11 is 0. The van der Waals surface area contributed by atoms with Gasteiger partial charge in [0.25, 0.3) is 5.91 Å². The first-order valence-electron chi connectivity index (χ1n) is 8.08. The predicted octanol–water partition coefficient (Wildman–Crippen LogP) is 2.21. The fourth-order valence-corrected chi connectivity index (χ4v) is 3.07. The van der Waals surface area contributed by atoms with Crippen molar-refractivity contribution in [2.75, 3.05) is 20.2 Å². The maximum absolute atomic E-state index is 12.5. The number of likely N-dealkylation sites (tertiary alicyclic amines) is 1. The van der Waals surface area contributed by atoms with E-state index < -0.39 is 0 Å². The Bertz CT molecular complexity index is 812. The lowest BCUT2D eigenvalue weighted by atomic mass is 10.0. The maximum Gasteiger partial charge on any atom is 0.409 e. The molecule has 0 atom stereocenters. The maximum atomic E-state index is 12.5. The third-order valence-electron chi connectivity index (χ3n) is 4.48. The van der Waals surface area contributed by atoms with E-state index in [1.165, 1.54) is 19.2 Å². The Morgan fingerprint density at radius 1 is 1.16 bits per heavy atom. The summed E-state index contributed by atoms with van der Waals surface area (Å²) in [5.41, 5.74) is 0.161. The lowest BCUT2D eigenvalue weighted by Crippen LogP contribution is -2.46. The van der Waals surface area contributed by atoms with Crippen LogP contribution in [0.2, 0.25) is 0 Å². The lowest BCUT2D eigenvalue weighted by Gasteiger charge is -2.31. The number of hydrogen-bond acceptors (Lipinski definition) is 5. The first kappa shape index (κ1) is 16.9. The summed E-state index contributed by atoms with van der Waals surface area (Å²) in [4.78, 5) is 25.6. The zero-order valence-electron chi connectivity index (χ0n) is 13.9. The van der Waals surface area contributed by atoms with Gasteiger partial charge in [-0.05, 0) is 36.4 Å². The minimum atomic E-state index is -0.376. The van der Waals surface area contributed by atoms with Gasteiger partial charge in [0.2, 0.25) is 0 Å². The van der Waals surface area contributed by atoms with Crippen LogP contribution in [-0.2, 0) is 4.74 Å². The minimum Gasteiger partial charge on any atom is -0.508 e. The van der Waals surface area contributed by atoms with Gasteiger partial charge in [-0.25, -0.2) is 4.79 Å². The Kier molecular flexibility index (Phi) is 4.65. The van der Waals surface area contributed by atoms with Crippen LogP contribution in [0.1, 0.15) is 23.2 Å². The van der Waals surface area contributed by atoms with E-state index in [0.717, 1.165) is 5.39 Å². The highest BCUT2D eigenvalue weighted by molar-refractivity contribution is 6.04. The first-order chi connectivity index (χ1) is 12.0. The fourth-order valence-electron chi connectivity index (χ4n) is 3.07. The highest BCUT2D eigenvalue weighted by Crippen LogP contribution is 2.31. The van der Waals surface area contributed by atoms with Crippen molar-refractivity contribution in [1.82, 2.24) is 10.2 Å². The highest BCUT2D eigenvalue weighted by Gasteiger charge is 2.25. The number of nitrogens with zero attached hydrogens (tertiary/aromatic N) is 1. The van der Waals surface area contributed by atoms with Gasteiger partial charge in [-0.2, -0.15) is 0 Å². The molecule has 0 spiro atoms. The van der Waals surface area contributed by atoms with Crippen LogP contribution in [0.5, 0.6) is 11.5 Å². The van der Waals surface area contributed by atoms with Crippen LogP contribution >= 0.6 is 0 Å². The van der Waals surface area contributed by atoms with Gasteiger partial charge in [0.05, 0.1) is 12.7 Å². The number of piperidine rings is 1. The summed E-state index contributed by atoms with van der Waals surface area (Å²) in [5, 5.41) is 24.0. The van der Waals surface area contributed by atoms with E-state index in [-0.39, 0.29) is 35.1 Å². The number of carbonyl (C=O) groups excluding carboxylic acids is 2. The fraction of sp³-hybridized carbons (Fsp3) is 0.333. The van der Waals surface area contributed by atoms with E-state index in [1.54, 1.807) is 23.1 Å². The molecule has 1 saturated heterocycles. The molecule has 1 fully saturated rings. The van der Waals surface area contributed by atoms with Crippen LogP contribution < -0.4 is 5.32 Å². The number of carbonyl (C=O) groups is 2. The highest BCUT2D eigenvalue weighted by atomic mass is 16.5. The van der Waals surface area contributed by atoms with Crippen molar-refractivity contribution in [3.63, 3.8) is 0 Å². The molecule has 0 saturated carbocycles. The Labute approximate surface area is 144 Å². The standard InChI is InChI=1S/C18H20N2O5/c1-25-18(24)20-8-6-12(7-9-20)19-17(23)14-5-3-11-2-4-13(21)10-15(11)16(14)22/h2-5,10,12,21-22H,6-9H2,1H3,(H,19,23). The van der Waals surface area contributed by atoms with Crippen LogP contribution in [0, 0.1) is 0 Å². The molecular weight excluding hydrogens is 324 g/mol. The topological polar surface area (TPSA) is 99.1 Å². The molecule has 3 rings (SSSR count). The molecule has 3 N–H and O–H groups in total. The van der Waals surface area contributed by atoms with Crippen LogP contribution in [0.4, 0.5) is 4.79 Å². The molecule has 7 nitrogen and oxygen atoms in total. The number of phenolic OH excluding ortho intramolecular Hbond substituents is 2. The molecule has 0 radical (unpaired) electrons. The van der Waals surface area contributed by atoms with Gasteiger partial charge in [0.1, 0.15) is 11.5 Å². The predicted molar refractivity (Wildman–Crippen MR) is 91.7 cm³/mol. The Balaban J connectivity index is 1.71. The van der Waals surface area contributed by atoms with Gasteiger partial charge in [-0.3, -0.25) is 4.79 Å². The quantitative estimate of drug-likeness (QED) is 0.776. The third-order valence-corrected chi connectivity index (χ3v) is 4.48. The Morgan fingerprint density at radius 3 is 2.52 bits per heavy atom. The number of fused-ring (bicyclic) bond motifs is 1. The largest absolute Gasteiger partial charge is 0.508 e. The summed E-state index contributed by atoms with van der Waals surface area (Å²) in [7, 11) is 1.34. The van der Waals surface area contributed by atoms with Crippen molar-refractivity contribution in [2.24, 2.45) is 0 Å². The number of methoxy groups -OCH3 is 1. The van der Waals surface area contributed by atoms with Crippen molar-refractivity contribution in [1.29, 1.82) is 0 Å². The lowest BCUT2D eigenvalue weighted by molar-refractivity contribution is 0.0890.